The number of hydrogen-bond donors (Lipinski definition) is 0. The van der Waals surface area contributed by atoms with Crippen LogP contribution in [0.15, 0.2) is 35.2 Å². The highest BCUT2D eigenvalue weighted by Crippen LogP contribution is 2.28. The number of carbonyl (C=O) groups excluding carboxylic acids is 1. The lowest BCUT2D eigenvalue weighted by atomic mass is 10.1. The number of ether oxygens (including phenoxy) is 1. The average molecular weight is 503 g/mol. The second-order valence-electron chi connectivity index (χ2n) is 7.51. The predicted octanol–water partition coefficient (Wildman–Crippen LogP) is 3.14. The Morgan fingerprint density at radius 2 is 1.68 bits per heavy atom. The highest BCUT2D eigenvalue weighted by atomic mass is 32.2. The fourth-order valence-electron chi connectivity index (χ4n) is 3.38. The summed E-state index contributed by atoms with van der Waals surface area (Å²) in [5, 5.41) is 8.78. The summed E-state index contributed by atoms with van der Waals surface area (Å²) < 4.78 is 94.2. The van der Waals surface area contributed by atoms with E-state index in [1.54, 1.807) is 4.90 Å². The lowest BCUT2D eigenvalue weighted by Crippen LogP contribution is -2.49. The van der Waals surface area contributed by atoms with E-state index in [4.69, 9.17) is 10.00 Å². The number of nitriles is 1. The Morgan fingerprint density at radius 3 is 2.18 bits per heavy atom. The van der Waals surface area contributed by atoms with Gasteiger partial charge in [-0.2, -0.15) is 18.4 Å². The van der Waals surface area contributed by atoms with Crippen molar-refractivity contribution in [2.24, 2.45) is 0 Å². The highest BCUT2D eigenvalue weighted by Gasteiger charge is 2.31. The minimum Gasteiger partial charge on any atom is -0.483 e. The molecule has 2 aromatic carbocycles. The minimum absolute atomic E-state index is 0.0316. The molecule has 0 atom stereocenters. The summed E-state index contributed by atoms with van der Waals surface area (Å²) in [4.78, 5) is 15.6. The monoisotopic (exact) mass is 503 g/mol. The molecule has 0 unspecified atom stereocenters. The Bertz CT molecular complexity index is 1230. The molecule has 0 saturated carbocycles. The molecule has 0 bridgehead atoms. The van der Waals surface area contributed by atoms with Crippen molar-refractivity contribution in [3.63, 3.8) is 0 Å². The first-order chi connectivity index (χ1) is 15.8. The third-order valence-electron chi connectivity index (χ3n) is 5.07. The van der Waals surface area contributed by atoms with Gasteiger partial charge in [-0.15, -0.1) is 0 Å². The van der Waals surface area contributed by atoms with Gasteiger partial charge in [0.25, 0.3) is 5.91 Å². The van der Waals surface area contributed by atoms with Gasteiger partial charge in [-0.25, -0.2) is 17.2 Å². The summed E-state index contributed by atoms with van der Waals surface area (Å²) in [5.41, 5.74) is -0.903. The lowest BCUT2D eigenvalue weighted by Gasteiger charge is -2.36. The van der Waals surface area contributed by atoms with E-state index in [-0.39, 0.29) is 42.3 Å². The van der Waals surface area contributed by atoms with Gasteiger partial charge in [-0.1, -0.05) is 0 Å². The first-order valence-electron chi connectivity index (χ1n) is 9.77. The number of nitrogens with zero attached hydrogens (tertiary/aromatic N) is 3. The van der Waals surface area contributed by atoms with E-state index >= 15 is 0 Å². The number of halogens is 5. The van der Waals surface area contributed by atoms with Crippen LogP contribution in [-0.2, 0) is 9.84 Å². The zero-order valence-corrected chi connectivity index (χ0v) is 18.5. The summed E-state index contributed by atoms with van der Waals surface area (Å²) >= 11 is 0. The van der Waals surface area contributed by atoms with Crippen LogP contribution in [0.1, 0.15) is 15.9 Å². The van der Waals surface area contributed by atoms with Crippen LogP contribution in [0.25, 0.3) is 0 Å². The van der Waals surface area contributed by atoms with Gasteiger partial charge in [0.15, 0.2) is 16.4 Å². The van der Waals surface area contributed by atoms with E-state index in [9.17, 15) is 35.2 Å². The van der Waals surface area contributed by atoms with Crippen LogP contribution in [-0.4, -0.2) is 64.4 Å². The normalized spacial score (nSPS) is 14.6. The molecule has 2 aromatic rings. The number of hydrogen-bond acceptors (Lipinski definition) is 6. The van der Waals surface area contributed by atoms with Gasteiger partial charge >= 0.3 is 6.18 Å². The van der Waals surface area contributed by atoms with Crippen LogP contribution < -0.4 is 9.64 Å². The first kappa shape index (κ1) is 25.2. The van der Waals surface area contributed by atoms with Crippen molar-refractivity contribution >= 4 is 21.4 Å². The SMILES string of the molecule is CS(=O)(=O)c1ccc(OCC(F)(F)F)c(C(=O)N2CCN(c3cc(F)c(C#N)c(F)c3)CC2)c1. The van der Waals surface area contributed by atoms with Crippen molar-refractivity contribution in [1.29, 1.82) is 5.26 Å². The van der Waals surface area contributed by atoms with E-state index in [0.29, 0.717) is 0 Å². The van der Waals surface area contributed by atoms with Crippen molar-refractivity contribution in [3.8, 4) is 11.8 Å². The highest BCUT2D eigenvalue weighted by molar-refractivity contribution is 7.90. The van der Waals surface area contributed by atoms with E-state index in [2.05, 4.69) is 0 Å². The number of anilines is 1. The molecule has 1 amide bonds. The average Bonchev–Trinajstić information content (AvgIpc) is 2.76. The van der Waals surface area contributed by atoms with E-state index in [1.807, 2.05) is 0 Å². The second kappa shape index (κ2) is 9.46. The minimum atomic E-state index is -4.67. The second-order valence-corrected chi connectivity index (χ2v) is 9.53. The molecule has 0 radical (unpaired) electrons. The largest absolute Gasteiger partial charge is 0.483 e. The van der Waals surface area contributed by atoms with Crippen molar-refractivity contribution < 1.29 is 39.9 Å². The van der Waals surface area contributed by atoms with Gasteiger partial charge in [0.05, 0.1) is 10.5 Å². The van der Waals surface area contributed by atoms with Gasteiger partial charge in [-0.05, 0) is 30.3 Å². The van der Waals surface area contributed by atoms with Gasteiger partial charge in [-0.3, -0.25) is 4.79 Å². The number of benzene rings is 2. The number of sulfone groups is 1. The molecule has 1 saturated heterocycles. The molecular formula is C21H18F5N3O4S. The molecule has 1 heterocycles. The van der Waals surface area contributed by atoms with Crippen LogP contribution in [0.3, 0.4) is 0 Å². The summed E-state index contributed by atoms with van der Waals surface area (Å²) in [5.74, 6) is -3.23. The van der Waals surface area contributed by atoms with Crippen LogP contribution >= 0.6 is 0 Å². The predicted molar refractivity (Wildman–Crippen MR) is 110 cm³/mol. The molecule has 3 rings (SSSR count). The van der Waals surface area contributed by atoms with Gasteiger partial charge in [0.1, 0.15) is 29.0 Å². The van der Waals surface area contributed by atoms with E-state index in [0.717, 1.165) is 36.6 Å². The summed E-state index contributed by atoms with van der Waals surface area (Å²) in [6, 6.07) is 6.42. The molecule has 1 fully saturated rings. The Labute approximate surface area is 191 Å². The maximum Gasteiger partial charge on any atom is 0.422 e. The molecule has 13 heteroatoms. The smallest absolute Gasteiger partial charge is 0.422 e. The molecular weight excluding hydrogens is 485 g/mol. The molecule has 0 spiro atoms. The van der Waals surface area contributed by atoms with Crippen LogP contribution in [0.5, 0.6) is 5.75 Å². The standard InChI is InChI=1S/C21H18F5N3O4S/c1-34(31,32)14-2-3-19(33-12-21(24,25)26)15(10-14)20(30)29-6-4-28(5-7-29)13-8-17(22)16(11-27)18(23)9-13/h2-3,8-10H,4-7,12H2,1H3. The van der Waals surface area contributed by atoms with E-state index < -0.39 is 51.5 Å². The van der Waals surface area contributed by atoms with Crippen molar-refractivity contribution in [3.05, 3.63) is 53.1 Å². The number of rotatable bonds is 5. The number of carbonyl (C=O) groups is 1. The summed E-state index contributed by atoms with van der Waals surface area (Å²) in [7, 11) is -3.76. The number of alkyl halides is 3. The Morgan fingerprint density at radius 1 is 1.09 bits per heavy atom. The van der Waals surface area contributed by atoms with Crippen molar-refractivity contribution in [2.45, 2.75) is 11.1 Å². The molecule has 182 valence electrons. The third-order valence-corrected chi connectivity index (χ3v) is 6.18. The maximum atomic E-state index is 13.9. The quantitative estimate of drug-likeness (QED) is 0.583. The van der Waals surface area contributed by atoms with Crippen molar-refractivity contribution in [1.82, 2.24) is 4.90 Å². The molecule has 0 aliphatic carbocycles. The molecule has 34 heavy (non-hydrogen) atoms. The number of piperazine rings is 1. The van der Waals surface area contributed by atoms with Crippen LogP contribution in [0.2, 0.25) is 0 Å². The Kier molecular flexibility index (Phi) is 7.02. The zero-order chi connectivity index (χ0) is 25.3. The summed E-state index contributed by atoms with van der Waals surface area (Å²) in [6.07, 6.45) is -3.78. The third kappa shape index (κ3) is 5.74. The Hall–Kier alpha value is -3.40. The lowest BCUT2D eigenvalue weighted by molar-refractivity contribution is -0.153. The molecule has 0 aromatic heterocycles. The fraction of sp³-hybridized carbons (Fsp3) is 0.333. The maximum absolute atomic E-state index is 13.9. The zero-order valence-electron chi connectivity index (χ0n) is 17.7. The molecule has 0 N–H and O–H groups in total. The summed E-state index contributed by atoms with van der Waals surface area (Å²) in [6.45, 7) is -1.36. The molecule has 7 nitrogen and oxygen atoms in total. The molecule has 1 aliphatic rings. The topological polar surface area (TPSA) is 90.7 Å². The van der Waals surface area contributed by atoms with Crippen molar-refractivity contribution in [2.75, 3.05) is 43.9 Å². The Balaban J connectivity index is 1.81. The number of amides is 1. The fourth-order valence-corrected chi connectivity index (χ4v) is 4.03. The van der Waals surface area contributed by atoms with E-state index in [1.165, 1.54) is 11.0 Å². The molecule has 1 aliphatic heterocycles. The van der Waals surface area contributed by atoms with Crippen LogP contribution in [0, 0.1) is 23.0 Å². The van der Waals surface area contributed by atoms with Crippen LogP contribution in [0.4, 0.5) is 27.6 Å². The van der Waals surface area contributed by atoms with Gasteiger partial charge in [0, 0.05) is 38.1 Å². The van der Waals surface area contributed by atoms with Gasteiger partial charge < -0.3 is 14.5 Å². The first-order valence-corrected chi connectivity index (χ1v) is 11.7. The van der Waals surface area contributed by atoms with Gasteiger partial charge in [0.2, 0.25) is 0 Å².